The molecule has 0 atom stereocenters. The molecule has 0 aliphatic rings. The summed E-state index contributed by atoms with van der Waals surface area (Å²) in [5.41, 5.74) is -0.320. The predicted octanol–water partition coefficient (Wildman–Crippen LogP) is 2.62. The zero-order valence-electron chi connectivity index (χ0n) is 10.6. The number of rotatable bonds is 4. The van der Waals surface area contributed by atoms with Gasteiger partial charge in [-0.15, -0.1) is 0 Å². The number of benzene rings is 1. The first-order valence-corrected chi connectivity index (χ1v) is 5.92. The van der Waals surface area contributed by atoms with E-state index in [9.17, 15) is 14.9 Å². The number of hydrogen-bond donors (Lipinski definition) is 0. The molecule has 0 amide bonds. The first kappa shape index (κ1) is 14.7. The van der Waals surface area contributed by atoms with E-state index in [2.05, 4.69) is 14.7 Å². The molecule has 0 aliphatic heterocycles. The number of halogens is 1. The van der Waals surface area contributed by atoms with Crippen molar-refractivity contribution in [2.24, 2.45) is 0 Å². The maximum Gasteiger partial charge on any atom is 0.358 e. The Morgan fingerprint density at radius 2 is 2.10 bits per heavy atom. The molecule has 0 N–H and O–H groups in total. The van der Waals surface area contributed by atoms with E-state index in [1.165, 1.54) is 25.3 Å². The molecule has 0 saturated heterocycles. The van der Waals surface area contributed by atoms with Gasteiger partial charge in [0.25, 0.3) is 0 Å². The van der Waals surface area contributed by atoms with Crippen molar-refractivity contribution in [2.45, 2.75) is 0 Å². The topological polar surface area (TPSA) is 104 Å². The minimum Gasteiger partial charge on any atom is -0.464 e. The van der Waals surface area contributed by atoms with Gasteiger partial charge >= 0.3 is 11.7 Å². The van der Waals surface area contributed by atoms with Gasteiger partial charge in [-0.05, 0) is 6.07 Å². The molecule has 2 aromatic rings. The maximum atomic E-state index is 11.2. The highest BCUT2D eigenvalue weighted by molar-refractivity contribution is 6.32. The molecule has 21 heavy (non-hydrogen) atoms. The fraction of sp³-hybridized carbons (Fsp3) is 0.0833. The molecular weight excluding hydrogens is 302 g/mol. The second-order valence-electron chi connectivity index (χ2n) is 3.68. The Morgan fingerprint density at radius 1 is 1.33 bits per heavy atom. The summed E-state index contributed by atoms with van der Waals surface area (Å²) in [6, 6.07) is 4.12. The van der Waals surface area contributed by atoms with Gasteiger partial charge in [-0.3, -0.25) is 10.1 Å². The van der Waals surface area contributed by atoms with Gasteiger partial charge in [0, 0.05) is 6.07 Å². The van der Waals surface area contributed by atoms with Gasteiger partial charge in [-0.1, -0.05) is 17.7 Å². The average Bonchev–Trinajstić information content (AvgIpc) is 2.49. The Morgan fingerprint density at radius 3 is 2.67 bits per heavy atom. The highest BCUT2D eigenvalue weighted by atomic mass is 35.5. The number of carbonyl (C=O) groups is 1. The van der Waals surface area contributed by atoms with E-state index in [-0.39, 0.29) is 28.0 Å². The van der Waals surface area contributed by atoms with Crippen molar-refractivity contribution < 1.29 is 19.2 Å². The molecule has 1 aromatic heterocycles. The minimum atomic E-state index is -0.655. The largest absolute Gasteiger partial charge is 0.464 e. The molecule has 0 aliphatic carbocycles. The van der Waals surface area contributed by atoms with Crippen molar-refractivity contribution in [1.82, 2.24) is 9.97 Å². The van der Waals surface area contributed by atoms with Crippen LogP contribution >= 0.6 is 11.6 Å². The summed E-state index contributed by atoms with van der Waals surface area (Å²) in [4.78, 5) is 29.1. The second kappa shape index (κ2) is 6.14. The van der Waals surface area contributed by atoms with Crippen molar-refractivity contribution in [2.75, 3.05) is 7.11 Å². The van der Waals surface area contributed by atoms with E-state index >= 15 is 0 Å². The van der Waals surface area contributed by atoms with Crippen LogP contribution in [0.2, 0.25) is 5.02 Å². The van der Waals surface area contributed by atoms with Crippen molar-refractivity contribution in [3.05, 3.63) is 51.4 Å². The quantitative estimate of drug-likeness (QED) is 0.485. The van der Waals surface area contributed by atoms with Crippen LogP contribution in [-0.2, 0) is 4.74 Å². The fourth-order valence-electron chi connectivity index (χ4n) is 1.43. The molecule has 0 spiro atoms. The zero-order chi connectivity index (χ0) is 15.4. The summed E-state index contributed by atoms with van der Waals surface area (Å²) >= 11 is 5.88. The lowest BCUT2D eigenvalue weighted by molar-refractivity contribution is -0.385. The lowest BCUT2D eigenvalue weighted by Crippen LogP contribution is -2.05. The van der Waals surface area contributed by atoms with Crippen LogP contribution in [0, 0.1) is 10.1 Å². The number of nitrogens with zero attached hydrogens (tertiary/aromatic N) is 3. The van der Waals surface area contributed by atoms with Crippen molar-refractivity contribution in [3.63, 3.8) is 0 Å². The molecule has 0 unspecified atom stereocenters. The van der Waals surface area contributed by atoms with E-state index in [1.807, 2.05) is 0 Å². The summed E-state index contributed by atoms with van der Waals surface area (Å²) in [6.45, 7) is 0. The number of carbonyl (C=O) groups excluding carboxylic acids is 1. The third kappa shape index (κ3) is 3.23. The van der Waals surface area contributed by atoms with Gasteiger partial charge in [-0.25, -0.2) is 14.8 Å². The summed E-state index contributed by atoms with van der Waals surface area (Å²) in [5, 5.41) is 11.0. The van der Waals surface area contributed by atoms with Gasteiger partial charge in [0.15, 0.2) is 5.69 Å². The van der Waals surface area contributed by atoms with Crippen molar-refractivity contribution >= 4 is 23.3 Å². The standard InChI is InChI=1S/C12H8ClN3O5/c1-20-12(17)8-5-15-10(6-14-8)21-11-7(13)3-2-4-9(11)16(18)19/h2-6H,1H3. The highest BCUT2D eigenvalue weighted by Crippen LogP contribution is 2.36. The van der Waals surface area contributed by atoms with E-state index in [0.717, 1.165) is 12.4 Å². The summed E-state index contributed by atoms with van der Waals surface area (Å²) in [5.74, 6) is -0.846. The molecule has 108 valence electrons. The van der Waals surface area contributed by atoms with Gasteiger partial charge in [0.05, 0.1) is 29.4 Å². The van der Waals surface area contributed by atoms with Crippen LogP contribution in [0.3, 0.4) is 0 Å². The molecule has 0 saturated carbocycles. The molecule has 0 fully saturated rings. The Bertz CT molecular complexity index is 690. The third-order valence-electron chi connectivity index (χ3n) is 2.37. The zero-order valence-corrected chi connectivity index (χ0v) is 11.4. The van der Waals surface area contributed by atoms with E-state index in [4.69, 9.17) is 16.3 Å². The Balaban J connectivity index is 2.30. The first-order valence-electron chi connectivity index (χ1n) is 5.54. The number of para-hydroxylation sites is 1. The summed E-state index contributed by atoms with van der Waals surface area (Å²) < 4.78 is 9.74. The van der Waals surface area contributed by atoms with E-state index in [0.29, 0.717) is 0 Å². The Labute approximate surface area is 123 Å². The van der Waals surface area contributed by atoms with Crippen LogP contribution in [0.4, 0.5) is 5.69 Å². The smallest absolute Gasteiger partial charge is 0.358 e. The van der Waals surface area contributed by atoms with Crippen LogP contribution < -0.4 is 4.74 Å². The molecule has 9 heteroatoms. The first-order chi connectivity index (χ1) is 10.0. The SMILES string of the molecule is COC(=O)c1cnc(Oc2c(Cl)cccc2[N+](=O)[O-])cn1. The number of nitro groups is 1. The maximum absolute atomic E-state index is 11.2. The lowest BCUT2D eigenvalue weighted by atomic mass is 10.3. The van der Waals surface area contributed by atoms with Crippen molar-refractivity contribution in [3.8, 4) is 11.6 Å². The Kier molecular flexibility index (Phi) is 4.29. The van der Waals surface area contributed by atoms with Gasteiger partial charge in [0.2, 0.25) is 11.6 Å². The van der Waals surface area contributed by atoms with Crippen LogP contribution in [-0.4, -0.2) is 28.0 Å². The normalized spacial score (nSPS) is 10.0. The van der Waals surface area contributed by atoms with Crippen LogP contribution in [0.25, 0.3) is 0 Å². The number of nitro benzene ring substituents is 1. The van der Waals surface area contributed by atoms with Gasteiger partial charge in [0.1, 0.15) is 0 Å². The molecular formula is C12H8ClN3O5. The highest BCUT2D eigenvalue weighted by Gasteiger charge is 2.20. The van der Waals surface area contributed by atoms with Crippen molar-refractivity contribution in [1.29, 1.82) is 0 Å². The monoisotopic (exact) mass is 309 g/mol. The summed E-state index contributed by atoms with van der Waals surface area (Å²) in [7, 11) is 1.21. The second-order valence-corrected chi connectivity index (χ2v) is 4.09. The van der Waals surface area contributed by atoms with Crippen LogP contribution in [0.1, 0.15) is 10.5 Å². The molecule has 8 nitrogen and oxygen atoms in total. The number of hydrogen-bond acceptors (Lipinski definition) is 7. The fourth-order valence-corrected chi connectivity index (χ4v) is 1.63. The van der Waals surface area contributed by atoms with Crippen LogP contribution in [0.15, 0.2) is 30.6 Å². The average molecular weight is 310 g/mol. The molecule has 2 rings (SSSR count). The van der Waals surface area contributed by atoms with Gasteiger partial charge < -0.3 is 9.47 Å². The third-order valence-corrected chi connectivity index (χ3v) is 2.67. The number of esters is 1. The number of ether oxygens (including phenoxy) is 2. The number of methoxy groups -OCH3 is 1. The lowest BCUT2D eigenvalue weighted by Gasteiger charge is -2.06. The van der Waals surface area contributed by atoms with E-state index < -0.39 is 10.9 Å². The van der Waals surface area contributed by atoms with E-state index in [1.54, 1.807) is 0 Å². The molecule has 1 heterocycles. The van der Waals surface area contributed by atoms with Gasteiger partial charge in [-0.2, -0.15) is 0 Å². The van der Waals surface area contributed by atoms with Crippen LogP contribution in [0.5, 0.6) is 11.6 Å². The Hall–Kier alpha value is -2.74. The predicted molar refractivity (Wildman–Crippen MR) is 71.6 cm³/mol. The molecule has 1 aromatic carbocycles. The molecule has 0 bridgehead atoms. The summed E-state index contributed by atoms with van der Waals surface area (Å²) in [6.07, 6.45) is 2.27. The minimum absolute atomic E-state index is 0.0153. The number of aromatic nitrogens is 2. The molecule has 0 radical (unpaired) electrons.